The smallest absolute Gasteiger partial charge is 0.248 e. The number of piperazine rings is 1. The molecule has 4 nitrogen and oxygen atoms in total. The van der Waals surface area contributed by atoms with Crippen LogP contribution in [0.15, 0.2) is 18.2 Å². The first kappa shape index (κ1) is 14.8. The Hall–Kier alpha value is -1.62. The molecule has 0 aromatic heterocycles. The monoisotopic (exact) mass is 298 g/mol. The standard InChI is InChI=1S/C14H16ClFN2O2/c1-3-14(2)13(20)18(8-12(19)17-14)7-9-4-5-10(15)11(16)6-9/h4-6H,3,7-8H2,1-2H3,(H,17,19). The second-order valence-corrected chi connectivity index (χ2v) is 5.55. The van der Waals surface area contributed by atoms with E-state index in [0.717, 1.165) is 0 Å². The third-order valence-corrected chi connectivity index (χ3v) is 3.88. The first-order valence-electron chi connectivity index (χ1n) is 6.40. The zero-order valence-corrected chi connectivity index (χ0v) is 12.1. The first-order chi connectivity index (χ1) is 9.35. The summed E-state index contributed by atoms with van der Waals surface area (Å²) in [7, 11) is 0. The maximum absolute atomic E-state index is 13.4. The van der Waals surface area contributed by atoms with Gasteiger partial charge in [0.25, 0.3) is 0 Å². The van der Waals surface area contributed by atoms with Crippen molar-refractivity contribution in [3.8, 4) is 0 Å². The molecule has 6 heteroatoms. The van der Waals surface area contributed by atoms with Gasteiger partial charge in [-0.3, -0.25) is 9.59 Å². The third-order valence-electron chi connectivity index (χ3n) is 3.57. The lowest BCUT2D eigenvalue weighted by atomic mass is 9.94. The van der Waals surface area contributed by atoms with Crippen LogP contribution in [-0.2, 0) is 16.1 Å². The molecule has 0 saturated carbocycles. The number of carbonyl (C=O) groups excluding carboxylic acids is 2. The molecule has 1 atom stereocenters. The second-order valence-electron chi connectivity index (χ2n) is 5.14. The van der Waals surface area contributed by atoms with Gasteiger partial charge in [-0.2, -0.15) is 0 Å². The molecule has 1 aliphatic heterocycles. The van der Waals surface area contributed by atoms with Crippen LogP contribution in [0.5, 0.6) is 0 Å². The van der Waals surface area contributed by atoms with Gasteiger partial charge >= 0.3 is 0 Å². The highest BCUT2D eigenvalue weighted by Gasteiger charge is 2.41. The molecule has 1 heterocycles. The number of benzene rings is 1. The van der Waals surface area contributed by atoms with E-state index in [4.69, 9.17) is 11.6 Å². The Balaban J connectivity index is 2.21. The van der Waals surface area contributed by atoms with Crippen molar-refractivity contribution in [2.75, 3.05) is 6.54 Å². The van der Waals surface area contributed by atoms with Gasteiger partial charge in [0.05, 0.1) is 11.6 Å². The van der Waals surface area contributed by atoms with Crippen molar-refractivity contribution in [1.29, 1.82) is 0 Å². The Morgan fingerprint density at radius 1 is 1.45 bits per heavy atom. The van der Waals surface area contributed by atoms with Crippen LogP contribution in [-0.4, -0.2) is 28.8 Å². The van der Waals surface area contributed by atoms with Crippen LogP contribution < -0.4 is 5.32 Å². The normalized spacial score (nSPS) is 22.9. The van der Waals surface area contributed by atoms with Crippen LogP contribution in [0, 0.1) is 5.82 Å². The SMILES string of the molecule is CCC1(C)NC(=O)CN(Cc2ccc(Cl)c(F)c2)C1=O. The van der Waals surface area contributed by atoms with Crippen LogP contribution in [0.3, 0.4) is 0 Å². The molecule has 1 fully saturated rings. The molecular weight excluding hydrogens is 283 g/mol. The molecule has 20 heavy (non-hydrogen) atoms. The maximum atomic E-state index is 13.4. The predicted molar refractivity (Wildman–Crippen MR) is 73.7 cm³/mol. The minimum Gasteiger partial charge on any atom is -0.340 e. The van der Waals surface area contributed by atoms with Gasteiger partial charge in [-0.25, -0.2) is 4.39 Å². The van der Waals surface area contributed by atoms with Gasteiger partial charge in [-0.15, -0.1) is 0 Å². The van der Waals surface area contributed by atoms with E-state index in [0.29, 0.717) is 12.0 Å². The lowest BCUT2D eigenvalue weighted by Crippen LogP contribution is -2.64. The summed E-state index contributed by atoms with van der Waals surface area (Å²) in [6.45, 7) is 3.71. The second kappa shape index (κ2) is 5.40. The van der Waals surface area contributed by atoms with Crippen molar-refractivity contribution >= 4 is 23.4 Å². The number of carbonyl (C=O) groups is 2. The summed E-state index contributed by atoms with van der Waals surface area (Å²) in [5.74, 6) is -0.894. The van der Waals surface area contributed by atoms with Crippen molar-refractivity contribution in [1.82, 2.24) is 10.2 Å². The molecule has 108 valence electrons. The summed E-state index contributed by atoms with van der Waals surface area (Å²) in [6.07, 6.45) is 0.503. The lowest BCUT2D eigenvalue weighted by molar-refractivity contribution is -0.149. The third kappa shape index (κ3) is 2.77. The number of halogens is 2. The Morgan fingerprint density at radius 2 is 2.15 bits per heavy atom. The van der Waals surface area contributed by atoms with E-state index in [-0.39, 0.29) is 29.9 Å². The quantitative estimate of drug-likeness (QED) is 0.929. The van der Waals surface area contributed by atoms with Gasteiger partial charge in [0.15, 0.2) is 0 Å². The molecule has 1 N–H and O–H groups in total. The average molecular weight is 299 g/mol. The van der Waals surface area contributed by atoms with Crippen molar-refractivity contribution in [2.24, 2.45) is 0 Å². The predicted octanol–water partition coefficient (Wildman–Crippen LogP) is 2.11. The Morgan fingerprint density at radius 3 is 2.75 bits per heavy atom. The van der Waals surface area contributed by atoms with Crippen molar-refractivity contribution in [3.05, 3.63) is 34.6 Å². The molecule has 1 aromatic rings. The molecule has 0 radical (unpaired) electrons. The molecule has 1 aromatic carbocycles. The number of hydrogen-bond acceptors (Lipinski definition) is 2. The van der Waals surface area contributed by atoms with Gasteiger partial charge in [-0.05, 0) is 31.0 Å². The van der Waals surface area contributed by atoms with Crippen molar-refractivity contribution in [2.45, 2.75) is 32.4 Å². The molecule has 1 saturated heterocycles. The fraction of sp³-hybridized carbons (Fsp3) is 0.429. The first-order valence-corrected chi connectivity index (χ1v) is 6.78. The van der Waals surface area contributed by atoms with E-state index in [2.05, 4.69) is 5.32 Å². The Labute approximate surface area is 121 Å². The van der Waals surface area contributed by atoms with Gasteiger partial charge in [0.1, 0.15) is 11.4 Å². The Bertz CT molecular complexity index is 564. The van der Waals surface area contributed by atoms with E-state index < -0.39 is 11.4 Å². The summed E-state index contributed by atoms with van der Waals surface area (Å²) in [5.41, 5.74) is -0.284. The summed E-state index contributed by atoms with van der Waals surface area (Å²) < 4.78 is 13.4. The molecule has 0 bridgehead atoms. The zero-order valence-electron chi connectivity index (χ0n) is 11.4. The number of nitrogens with zero attached hydrogens (tertiary/aromatic N) is 1. The highest BCUT2D eigenvalue weighted by atomic mass is 35.5. The van der Waals surface area contributed by atoms with E-state index in [1.807, 2.05) is 6.92 Å². The van der Waals surface area contributed by atoms with E-state index in [1.165, 1.54) is 17.0 Å². The fourth-order valence-electron chi connectivity index (χ4n) is 2.22. The van der Waals surface area contributed by atoms with Crippen LogP contribution in [0.1, 0.15) is 25.8 Å². The molecule has 1 aliphatic rings. The van der Waals surface area contributed by atoms with E-state index in [9.17, 15) is 14.0 Å². The molecule has 2 amide bonds. The summed E-state index contributed by atoms with van der Waals surface area (Å²) in [6, 6.07) is 4.37. The topological polar surface area (TPSA) is 49.4 Å². The number of nitrogens with one attached hydrogen (secondary N) is 1. The number of hydrogen-bond donors (Lipinski definition) is 1. The van der Waals surface area contributed by atoms with Crippen LogP contribution >= 0.6 is 11.6 Å². The molecular formula is C14H16ClFN2O2. The highest BCUT2D eigenvalue weighted by Crippen LogP contribution is 2.21. The fourth-order valence-corrected chi connectivity index (χ4v) is 2.34. The minimum absolute atomic E-state index is 0.0152. The summed E-state index contributed by atoms with van der Waals surface area (Å²) in [5, 5.41) is 2.74. The largest absolute Gasteiger partial charge is 0.340 e. The van der Waals surface area contributed by atoms with Gasteiger partial charge in [0.2, 0.25) is 11.8 Å². The Kier molecular flexibility index (Phi) is 3.99. The highest BCUT2D eigenvalue weighted by molar-refractivity contribution is 6.30. The van der Waals surface area contributed by atoms with Crippen LogP contribution in [0.25, 0.3) is 0 Å². The van der Waals surface area contributed by atoms with Crippen LogP contribution in [0.2, 0.25) is 5.02 Å². The number of amides is 2. The molecule has 0 spiro atoms. The minimum atomic E-state index is -0.889. The lowest BCUT2D eigenvalue weighted by Gasteiger charge is -2.39. The van der Waals surface area contributed by atoms with Gasteiger partial charge in [0, 0.05) is 6.54 Å². The molecule has 0 aliphatic carbocycles. The molecule has 1 unspecified atom stereocenters. The van der Waals surface area contributed by atoms with Gasteiger partial charge in [-0.1, -0.05) is 24.6 Å². The summed E-state index contributed by atoms with van der Waals surface area (Å²) in [4.78, 5) is 25.5. The molecule has 2 rings (SSSR count). The zero-order chi connectivity index (χ0) is 14.9. The maximum Gasteiger partial charge on any atom is 0.248 e. The summed E-state index contributed by atoms with van der Waals surface area (Å²) >= 11 is 5.62. The van der Waals surface area contributed by atoms with E-state index >= 15 is 0 Å². The van der Waals surface area contributed by atoms with Gasteiger partial charge < -0.3 is 10.2 Å². The van der Waals surface area contributed by atoms with E-state index in [1.54, 1.807) is 13.0 Å². The van der Waals surface area contributed by atoms with Crippen molar-refractivity contribution in [3.63, 3.8) is 0 Å². The number of rotatable bonds is 3. The average Bonchev–Trinajstić information content (AvgIpc) is 2.40. The van der Waals surface area contributed by atoms with Crippen molar-refractivity contribution < 1.29 is 14.0 Å². The van der Waals surface area contributed by atoms with Crippen LogP contribution in [0.4, 0.5) is 4.39 Å².